The molecule has 0 spiro atoms. The lowest BCUT2D eigenvalue weighted by molar-refractivity contribution is 0.0694. The fraction of sp³-hybridized carbons (Fsp3) is 0.444. The molecule has 0 saturated carbocycles. The summed E-state index contributed by atoms with van der Waals surface area (Å²) in [5, 5.41) is 9.29. The number of aromatic nitrogens is 1. The number of halogens is 4. The van der Waals surface area contributed by atoms with Crippen molar-refractivity contribution in [3.8, 4) is 5.75 Å². The molecule has 2 aromatic rings. The van der Waals surface area contributed by atoms with Gasteiger partial charge in [0.25, 0.3) is 0 Å². The van der Waals surface area contributed by atoms with Crippen molar-refractivity contribution < 1.29 is 32.0 Å². The predicted molar refractivity (Wildman–Crippen MR) is 106 cm³/mol. The van der Waals surface area contributed by atoms with Gasteiger partial charge in [0.05, 0.1) is 18.0 Å². The number of carboxylic acids is 1. The summed E-state index contributed by atoms with van der Waals surface area (Å²) in [6.45, 7) is 5.10. The third-order valence-corrected chi connectivity index (χ3v) is 4.84. The van der Waals surface area contributed by atoms with Crippen LogP contribution in [0.4, 0.5) is 23.0 Å². The van der Waals surface area contributed by atoms with Crippen molar-refractivity contribution in [2.45, 2.75) is 13.5 Å². The Balaban J connectivity index is 0.000000735. The molecule has 1 saturated heterocycles. The number of ether oxygens (including phenoxy) is 1. The van der Waals surface area contributed by atoms with Crippen LogP contribution in [0, 0.1) is 5.82 Å². The smallest absolute Gasteiger partial charge is 0.492 e. The van der Waals surface area contributed by atoms with Gasteiger partial charge in [-0.15, -0.1) is 0 Å². The zero-order chi connectivity index (χ0) is 22.6. The van der Waals surface area contributed by atoms with E-state index in [1.165, 1.54) is 13.3 Å². The maximum Gasteiger partial charge on any atom is 0.762 e. The van der Waals surface area contributed by atoms with Gasteiger partial charge in [-0.1, -0.05) is 0 Å². The van der Waals surface area contributed by atoms with Crippen molar-refractivity contribution in [2.24, 2.45) is 0 Å². The van der Waals surface area contributed by atoms with Crippen LogP contribution in [0.25, 0.3) is 10.9 Å². The summed E-state index contributed by atoms with van der Waals surface area (Å²) < 4.78 is 51.1. The van der Waals surface area contributed by atoms with E-state index in [0.29, 0.717) is 30.8 Å². The van der Waals surface area contributed by atoms with Gasteiger partial charge < -0.3 is 24.2 Å². The second kappa shape index (κ2) is 9.83. The number of benzene rings is 1. The number of aromatic carboxylic acids is 1. The lowest BCUT2D eigenvalue weighted by atomic mass is 10.1. The quantitative estimate of drug-likeness (QED) is 0.593. The molecule has 0 atom stereocenters. The highest BCUT2D eigenvalue weighted by Crippen LogP contribution is 2.38. The van der Waals surface area contributed by atoms with Crippen molar-refractivity contribution in [3.05, 3.63) is 33.9 Å². The zero-order valence-corrected chi connectivity index (χ0v) is 16.8. The third kappa shape index (κ3) is 4.86. The summed E-state index contributed by atoms with van der Waals surface area (Å²) in [6, 6.07) is 1.13. The van der Waals surface area contributed by atoms with Gasteiger partial charge in [-0.2, -0.15) is 0 Å². The van der Waals surface area contributed by atoms with Crippen LogP contribution in [0.15, 0.2) is 17.1 Å². The summed E-state index contributed by atoms with van der Waals surface area (Å²) in [6.07, 6.45) is 1.29. The monoisotopic (exact) mass is 431 g/mol. The number of pyridine rings is 1. The number of rotatable bonds is 4. The average Bonchev–Trinajstić information content (AvgIpc) is 2.68. The molecule has 30 heavy (non-hydrogen) atoms. The summed E-state index contributed by atoms with van der Waals surface area (Å²) >= 11 is 0. The molecule has 1 fully saturated rings. The van der Waals surface area contributed by atoms with E-state index in [1.54, 1.807) is 4.57 Å². The minimum Gasteiger partial charge on any atom is -0.492 e. The molecule has 1 aromatic carbocycles. The SMILES string of the molecule is CCn1cc(C(=O)O)c(=O)c2cc(F)c(N3CCN(C)CC3)c(OC)c21.FB(F)F. The van der Waals surface area contributed by atoms with Crippen LogP contribution in [0.3, 0.4) is 0 Å². The average molecular weight is 431 g/mol. The van der Waals surface area contributed by atoms with Crippen molar-refractivity contribution in [1.82, 2.24) is 9.47 Å². The molecule has 0 bridgehead atoms. The molecular formula is C18H22BF4N3O4. The molecule has 1 aliphatic rings. The van der Waals surface area contributed by atoms with Crippen LogP contribution in [0.1, 0.15) is 17.3 Å². The molecule has 2 heterocycles. The van der Waals surface area contributed by atoms with Crippen molar-refractivity contribution in [2.75, 3.05) is 45.2 Å². The van der Waals surface area contributed by atoms with Crippen LogP contribution in [0.2, 0.25) is 0 Å². The first-order valence-electron chi connectivity index (χ1n) is 9.14. The Morgan fingerprint density at radius 2 is 1.80 bits per heavy atom. The normalized spacial score (nSPS) is 14.3. The lowest BCUT2D eigenvalue weighted by Gasteiger charge is -2.35. The third-order valence-electron chi connectivity index (χ3n) is 4.84. The van der Waals surface area contributed by atoms with E-state index in [4.69, 9.17) is 4.74 Å². The molecule has 1 aromatic heterocycles. The number of carboxylic acid groups (broad SMARTS) is 1. The second-order valence-corrected chi connectivity index (χ2v) is 6.64. The number of anilines is 1. The molecule has 12 heteroatoms. The minimum absolute atomic E-state index is 0.0129. The Hall–Kier alpha value is -2.76. The molecule has 164 valence electrons. The van der Waals surface area contributed by atoms with Crippen LogP contribution in [-0.2, 0) is 6.54 Å². The number of likely N-dealkylation sites (N-methyl/N-ethyl adjacent to an activating group) is 1. The minimum atomic E-state index is -3.67. The number of aryl methyl sites for hydroxylation is 1. The molecular weight excluding hydrogens is 409 g/mol. The van der Waals surface area contributed by atoms with Gasteiger partial charge in [0.2, 0.25) is 5.43 Å². The van der Waals surface area contributed by atoms with E-state index in [1.807, 2.05) is 18.9 Å². The number of hydrogen-bond donors (Lipinski definition) is 1. The van der Waals surface area contributed by atoms with Crippen LogP contribution in [0.5, 0.6) is 5.75 Å². The maximum atomic E-state index is 15.0. The fourth-order valence-corrected chi connectivity index (χ4v) is 3.41. The van der Waals surface area contributed by atoms with Crippen molar-refractivity contribution >= 4 is 30.1 Å². The fourth-order valence-electron chi connectivity index (χ4n) is 3.41. The van der Waals surface area contributed by atoms with Gasteiger partial charge in [-0.25, -0.2) is 9.18 Å². The van der Waals surface area contributed by atoms with Crippen molar-refractivity contribution in [1.29, 1.82) is 0 Å². The highest BCUT2D eigenvalue weighted by molar-refractivity contribution is 6.33. The second-order valence-electron chi connectivity index (χ2n) is 6.64. The topological polar surface area (TPSA) is 75.0 Å². The largest absolute Gasteiger partial charge is 0.762 e. The van der Waals surface area contributed by atoms with Gasteiger partial charge in [0.1, 0.15) is 11.3 Å². The number of hydrogen-bond acceptors (Lipinski definition) is 5. The number of piperazine rings is 1. The first-order valence-corrected chi connectivity index (χ1v) is 9.14. The molecule has 0 aliphatic carbocycles. The molecule has 3 rings (SSSR count). The van der Waals surface area contributed by atoms with Crippen LogP contribution in [-0.4, -0.2) is 68.4 Å². The Kier molecular flexibility index (Phi) is 7.71. The van der Waals surface area contributed by atoms with Gasteiger partial charge >= 0.3 is 13.5 Å². The number of fused-ring (bicyclic) bond motifs is 1. The van der Waals surface area contributed by atoms with Crippen LogP contribution < -0.4 is 15.1 Å². The number of methoxy groups -OCH3 is 1. The van der Waals surface area contributed by atoms with Gasteiger partial charge in [-0.05, 0) is 20.0 Å². The molecule has 1 N–H and O–H groups in total. The Morgan fingerprint density at radius 1 is 1.23 bits per heavy atom. The first-order chi connectivity index (χ1) is 14.1. The first kappa shape index (κ1) is 23.5. The van der Waals surface area contributed by atoms with E-state index < -0.39 is 24.8 Å². The number of nitrogens with zero attached hydrogens (tertiary/aromatic N) is 3. The Labute approximate surface area is 170 Å². The lowest BCUT2D eigenvalue weighted by Crippen LogP contribution is -2.45. The highest BCUT2D eigenvalue weighted by atomic mass is 19.4. The van der Waals surface area contributed by atoms with E-state index in [2.05, 4.69) is 4.90 Å². The summed E-state index contributed by atoms with van der Waals surface area (Å²) in [7, 11) is -0.225. The van der Waals surface area contributed by atoms with E-state index >= 15 is 0 Å². The highest BCUT2D eigenvalue weighted by Gasteiger charge is 2.26. The van der Waals surface area contributed by atoms with E-state index in [-0.39, 0.29) is 16.7 Å². The van der Waals surface area contributed by atoms with E-state index in [0.717, 1.165) is 19.2 Å². The Morgan fingerprint density at radius 3 is 2.27 bits per heavy atom. The van der Waals surface area contributed by atoms with Gasteiger partial charge in [0.15, 0.2) is 11.6 Å². The summed E-state index contributed by atoms with van der Waals surface area (Å²) in [5.74, 6) is -1.65. The Bertz CT molecular complexity index is 976. The van der Waals surface area contributed by atoms with Gasteiger partial charge in [0, 0.05) is 38.9 Å². The molecule has 0 radical (unpaired) electrons. The van der Waals surface area contributed by atoms with Gasteiger partial charge in [-0.3, -0.25) is 17.7 Å². The van der Waals surface area contributed by atoms with Crippen LogP contribution >= 0.6 is 0 Å². The molecule has 0 amide bonds. The predicted octanol–water partition coefficient (Wildman–Crippen LogP) is 2.50. The van der Waals surface area contributed by atoms with E-state index in [9.17, 15) is 32.0 Å². The molecule has 0 unspecified atom stereocenters. The zero-order valence-electron chi connectivity index (χ0n) is 16.8. The standard InChI is InChI=1S/C18H22FN3O4.BF3/c1-4-21-10-12(18(24)25)16(23)11-9-13(19)15(17(26-3)14(11)21)22-7-5-20(2)6-8-22;2-1(3)4/h9-10H,4-8H2,1-3H3,(H,24,25);. The number of carbonyl (C=O) groups is 1. The summed E-state index contributed by atoms with van der Waals surface area (Å²) in [5.41, 5.74) is -0.356. The molecule has 1 aliphatic heterocycles. The summed E-state index contributed by atoms with van der Waals surface area (Å²) in [4.78, 5) is 28.0. The maximum absolute atomic E-state index is 15.0. The van der Waals surface area contributed by atoms with Crippen molar-refractivity contribution in [3.63, 3.8) is 0 Å². The molecule has 7 nitrogen and oxygen atoms in total.